The Morgan fingerprint density at radius 1 is 1.11 bits per heavy atom. The summed E-state index contributed by atoms with van der Waals surface area (Å²) in [4.78, 5) is 30.8. The molecule has 1 saturated heterocycles. The molecule has 2 heterocycles. The summed E-state index contributed by atoms with van der Waals surface area (Å²) < 4.78 is 11.9. The Balaban J connectivity index is 1.40. The Kier molecular flexibility index (Phi) is 5.12. The first kappa shape index (κ1) is 19.0. The van der Waals surface area contributed by atoms with Gasteiger partial charge >= 0.3 is 0 Å². The van der Waals surface area contributed by atoms with E-state index >= 15 is 0 Å². The van der Waals surface area contributed by atoms with Crippen LogP contribution in [0.15, 0.2) is 53.4 Å². The number of carbonyl (C=O) groups excluding carboxylic acids is 2. The van der Waals surface area contributed by atoms with Crippen LogP contribution in [0.3, 0.4) is 0 Å². The minimum Gasteiger partial charge on any atom is -0.338 e. The van der Waals surface area contributed by atoms with E-state index in [2.05, 4.69) is 10.2 Å². The van der Waals surface area contributed by atoms with Gasteiger partial charge in [-0.1, -0.05) is 36.0 Å². The molecule has 2 aromatic rings. The van der Waals surface area contributed by atoms with Crippen LogP contribution in [0.5, 0.6) is 0 Å². The highest BCUT2D eigenvalue weighted by Crippen LogP contribution is 2.43. The maximum atomic E-state index is 13.2. The molecule has 0 radical (unpaired) electrons. The monoisotopic (exact) mass is 399 g/mol. The number of thioether (sulfide) groups is 1. The Morgan fingerprint density at radius 2 is 1.79 bits per heavy atom. The van der Waals surface area contributed by atoms with E-state index in [0.717, 1.165) is 35.8 Å². The quantitative estimate of drug-likeness (QED) is 0.807. The van der Waals surface area contributed by atoms with E-state index in [1.165, 1.54) is 23.9 Å². The number of carbonyl (C=O) groups is 2. The molecule has 146 valence electrons. The number of rotatable bonds is 3. The van der Waals surface area contributed by atoms with E-state index < -0.39 is 4.75 Å². The van der Waals surface area contributed by atoms with E-state index in [4.69, 9.17) is 0 Å². The standard InChI is InChI=1S/C21H22FN3O2S/c1-21(19(26)23-17-4-2-3-5-18(17)28-21)20(27)25-12-10-24(11-13-25)14-15-6-8-16(22)9-7-15/h2-9H,10-14H2,1H3,(H,23,26). The average Bonchev–Trinajstić information content (AvgIpc) is 2.70. The number of benzene rings is 2. The molecule has 28 heavy (non-hydrogen) atoms. The average molecular weight is 399 g/mol. The molecule has 1 atom stereocenters. The Labute approximate surface area is 167 Å². The molecule has 1 fully saturated rings. The van der Waals surface area contributed by atoms with Gasteiger partial charge in [-0.3, -0.25) is 14.5 Å². The van der Waals surface area contributed by atoms with Crippen LogP contribution in [0.4, 0.5) is 10.1 Å². The van der Waals surface area contributed by atoms with Crippen molar-refractivity contribution in [2.45, 2.75) is 23.1 Å². The Hall–Kier alpha value is -2.38. The maximum absolute atomic E-state index is 13.2. The van der Waals surface area contributed by atoms with Gasteiger partial charge in [0.2, 0.25) is 11.8 Å². The van der Waals surface area contributed by atoms with Crippen LogP contribution < -0.4 is 5.32 Å². The number of piperazine rings is 1. The number of nitrogens with zero attached hydrogens (tertiary/aromatic N) is 2. The number of amides is 2. The highest BCUT2D eigenvalue weighted by molar-refractivity contribution is 8.02. The van der Waals surface area contributed by atoms with Crippen molar-refractivity contribution in [2.24, 2.45) is 0 Å². The van der Waals surface area contributed by atoms with Gasteiger partial charge in [0.25, 0.3) is 0 Å². The maximum Gasteiger partial charge on any atom is 0.250 e. The van der Waals surface area contributed by atoms with Gasteiger partial charge in [-0.25, -0.2) is 4.39 Å². The molecule has 5 nitrogen and oxygen atoms in total. The topological polar surface area (TPSA) is 52.7 Å². The molecule has 2 aromatic carbocycles. The minimum atomic E-state index is -1.16. The lowest BCUT2D eigenvalue weighted by atomic mass is 10.1. The molecule has 2 aliphatic heterocycles. The molecule has 0 aliphatic carbocycles. The van der Waals surface area contributed by atoms with E-state index in [1.54, 1.807) is 24.0 Å². The molecule has 0 aromatic heterocycles. The molecule has 4 rings (SSSR count). The lowest BCUT2D eigenvalue weighted by Crippen LogP contribution is -2.58. The number of hydrogen-bond acceptors (Lipinski definition) is 4. The lowest BCUT2D eigenvalue weighted by Gasteiger charge is -2.40. The van der Waals surface area contributed by atoms with E-state index in [1.807, 2.05) is 24.3 Å². The van der Waals surface area contributed by atoms with Crippen LogP contribution >= 0.6 is 11.8 Å². The molecule has 1 unspecified atom stereocenters. The van der Waals surface area contributed by atoms with Gasteiger partial charge in [0.05, 0.1) is 5.69 Å². The Bertz CT molecular complexity index is 897. The summed E-state index contributed by atoms with van der Waals surface area (Å²) in [6.07, 6.45) is 0. The van der Waals surface area contributed by atoms with Gasteiger partial charge < -0.3 is 10.2 Å². The first-order valence-electron chi connectivity index (χ1n) is 9.31. The third kappa shape index (κ3) is 3.64. The van der Waals surface area contributed by atoms with E-state index in [-0.39, 0.29) is 17.6 Å². The molecule has 7 heteroatoms. The third-order valence-electron chi connectivity index (χ3n) is 5.27. The van der Waals surface area contributed by atoms with Crippen LogP contribution in [0.2, 0.25) is 0 Å². The summed E-state index contributed by atoms with van der Waals surface area (Å²) >= 11 is 1.32. The SMILES string of the molecule is CC1(C(=O)N2CCN(Cc3ccc(F)cc3)CC2)Sc2ccccc2NC1=O. The summed E-state index contributed by atoms with van der Waals surface area (Å²) in [5.74, 6) is -0.655. The second kappa shape index (κ2) is 7.56. The van der Waals surface area contributed by atoms with Crippen molar-refractivity contribution in [3.63, 3.8) is 0 Å². The zero-order valence-electron chi connectivity index (χ0n) is 15.7. The summed E-state index contributed by atoms with van der Waals surface area (Å²) in [6, 6.07) is 14.0. The van der Waals surface area contributed by atoms with E-state index in [9.17, 15) is 14.0 Å². The van der Waals surface area contributed by atoms with Gasteiger partial charge in [-0.2, -0.15) is 0 Å². The smallest absolute Gasteiger partial charge is 0.250 e. The minimum absolute atomic E-state index is 0.147. The molecule has 1 N–H and O–H groups in total. The van der Waals surface area contributed by atoms with E-state index in [0.29, 0.717) is 13.1 Å². The van der Waals surface area contributed by atoms with Crippen LogP contribution in [-0.2, 0) is 16.1 Å². The molecule has 2 amide bonds. The number of halogens is 1. The normalized spacial score (nSPS) is 22.5. The second-order valence-corrected chi connectivity index (χ2v) is 8.74. The summed E-state index contributed by atoms with van der Waals surface area (Å²) in [7, 11) is 0. The molecule has 2 aliphatic rings. The third-order valence-corrected chi connectivity index (χ3v) is 6.61. The molecule has 0 spiro atoms. The zero-order valence-corrected chi connectivity index (χ0v) is 16.5. The predicted octanol–water partition coefficient (Wildman–Crippen LogP) is 2.97. The van der Waals surface area contributed by atoms with Crippen LogP contribution in [0.25, 0.3) is 0 Å². The van der Waals surface area contributed by atoms with Crippen molar-refractivity contribution in [1.82, 2.24) is 9.80 Å². The van der Waals surface area contributed by atoms with Crippen LogP contribution in [0.1, 0.15) is 12.5 Å². The summed E-state index contributed by atoms with van der Waals surface area (Å²) in [5.41, 5.74) is 1.80. The largest absolute Gasteiger partial charge is 0.338 e. The van der Waals surface area contributed by atoms with Gasteiger partial charge in [-0.05, 0) is 36.8 Å². The van der Waals surface area contributed by atoms with Crippen molar-refractivity contribution >= 4 is 29.3 Å². The van der Waals surface area contributed by atoms with Gasteiger partial charge in [0.1, 0.15) is 5.82 Å². The van der Waals surface area contributed by atoms with Crippen LogP contribution in [0, 0.1) is 5.82 Å². The van der Waals surface area contributed by atoms with Gasteiger partial charge in [0, 0.05) is 37.6 Å². The molecular weight excluding hydrogens is 377 g/mol. The molecular formula is C21H22FN3O2S. The highest BCUT2D eigenvalue weighted by atomic mass is 32.2. The number of para-hydroxylation sites is 1. The second-order valence-electron chi connectivity index (χ2n) is 7.28. The fourth-order valence-electron chi connectivity index (χ4n) is 3.57. The number of hydrogen-bond donors (Lipinski definition) is 1. The van der Waals surface area contributed by atoms with Gasteiger partial charge in [0.15, 0.2) is 4.75 Å². The number of nitrogens with one attached hydrogen (secondary N) is 1. The van der Waals surface area contributed by atoms with Crippen molar-refractivity contribution in [2.75, 3.05) is 31.5 Å². The fraction of sp³-hybridized carbons (Fsp3) is 0.333. The molecule has 0 saturated carbocycles. The van der Waals surface area contributed by atoms with Crippen molar-refractivity contribution < 1.29 is 14.0 Å². The Morgan fingerprint density at radius 3 is 2.50 bits per heavy atom. The first-order chi connectivity index (χ1) is 13.5. The first-order valence-corrected chi connectivity index (χ1v) is 10.1. The van der Waals surface area contributed by atoms with Crippen LogP contribution in [-0.4, -0.2) is 52.5 Å². The summed E-state index contributed by atoms with van der Waals surface area (Å²) in [5, 5.41) is 2.87. The number of fused-ring (bicyclic) bond motifs is 1. The molecule has 0 bridgehead atoms. The van der Waals surface area contributed by atoms with Crippen molar-refractivity contribution in [1.29, 1.82) is 0 Å². The fourth-order valence-corrected chi connectivity index (χ4v) is 4.74. The summed E-state index contributed by atoms with van der Waals surface area (Å²) in [6.45, 7) is 5.03. The van der Waals surface area contributed by atoms with Crippen molar-refractivity contribution in [3.05, 3.63) is 59.9 Å². The lowest BCUT2D eigenvalue weighted by molar-refractivity contribution is -0.139. The van der Waals surface area contributed by atoms with Crippen molar-refractivity contribution in [3.8, 4) is 0 Å². The van der Waals surface area contributed by atoms with Gasteiger partial charge in [-0.15, -0.1) is 0 Å². The zero-order chi connectivity index (χ0) is 19.7. The number of anilines is 1. The highest BCUT2D eigenvalue weighted by Gasteiger charge is 2.48. The predicted molar refractivity (Wildman–Crippen MR) is 108 cm³/mol.